The first kappa shape index (κ1) is 13.3. The Labute approximate surface area is 102 Å². The van der Waals surface area contributed by atoms with Crippen LogP contribution in [0.25, 0.3) is 0 Å². The summed E-state index contributed by atoms with van der Waals surface area (Å²) in [5.41, 5.74) is 0.122. The summed E-state index contributed by atoms with van der Waals surface area (Å²) < 4.78 is 0. The van der Waals surface area contributed by atoms with Gasteiger partial charge in [0.1, 0.15) is 0 Å². The van der Waals surface area contributed by atoms with Gasteiger partial charge in [-0.25, -0.2) is 4.79 Å². The molecule has 1 rings (SSSR count). The number of carboxylic acids is 1. The van der Waals surface area contributed by atoms with Crippen molar-refractivity contribution in [1.29, 1.82) is 0 Å². The Balaban J connectivity index is 2.72. The van der Waals surface area contributed by atoms with Crippen LogP contribution >= 0.6 is 23.4 Å². The van der Waals surface area contributed by atoms with Gasteiger partial charge in [0.05, 0.1) is 23.3 Å². The van der Waals surface area contributed by atoms with Crippen molar-refractivity contribution in [3.05, 3.63) is 28.8 Å². The van der Waals surface area contributed by atoms with E-state index in [0.29, 0.717) is 15.7 Å². The molecule has 0 aromatic heterocycles. The summed E-state index contributed by atoms with van der Waals surface area (Å²) in [5, 5.41) is 26.8. The zero-order valence-electron chi connectivity index (χ0n) is 8.26. The van der Waals surface area contributed by atoms with Crippen LogP contribution in [-0.4, -0.2) is 39.8 Å². The Hall–Kier alpha value is -0.750. The minimum absolute atomic E-state index is 0.122. The maximum atomic E-state index is 10.6. The van der Waals surface area contributed by atoms with Gasteiger partial charge in [-0.3, -0.25) is 0 Å². The lowest BCUT2D eigenvalue weighted by molar-refractivity contribution is 0.0697. The van der Waals surface area contributed by atoms with Crippen LogP contribution in [0.5, 0.6) is 0 Å². The van der Waals surface area contributed by atoms with Crippen molar-refractivity contribution in [2.45, 2.75) is 11.0 Å². The van der Waals surface area contributed by atoms with Gasteiger partial charge < -0.3 is 15.3 Å². The lowest BCUT2D eigenvalue weighted by Gasteiger charge is -2.08. The van der Waals surface area contributed by atoms with E-state index in [9.17, 15) is 4.79 Å². The number of thioether (sulfide) groups is 1. The number of aliphatic hydroxyl groups excluding tert-OH is 2. The highest BCUT2D eigenvalue weighted by Gasteiger charge is 2.09. The van der Waals surface area contributed by atoms with Gasteiger partial charge in [0, 0.05) is 10.6 Å². The van der Waals surface area contributed by atoms with Gasteiger partial charge >= 0.3 is 5.97 Å². The molecule has 0 heterocycles. The van der Waals surface area contributed by atoms with Crippen LogP contribution in [-0.2, 0) is 0 Å². The second-order valence-corrected chi connectivity index (χ2v) is 4.57. The maximum Gasteiger partial charge on any atom is 0.335 e. The van der Waals surface area contributed by atoms with E-state index < -0.39 is 12.1 Å². The van der Waals surface area contributed by atoms with Crippen LogP contribution in [0.2, 0.25) is 5.02 Å². The molecule has 0 aliphatic heterocycles. The number of carboxylic acid groups (broad SMARTS) is 1. The molecule has 1 aromatic carbocycles. The molecule has 4 nitrogen and oxygen atoms in total. The van der Waals surface area contributed by atoms with Crippen LogP contribution in [0.1, 0.15) is 10.4 Å². The van der Waals surface area contributed by atoms with Crippen LogP contribution in [0.3, 0.4) is 0 Å². The second kappa shape index (κ2) is 6.10. The predicted octanol–water partition coefficient (Wildman–Crippen LogP) is 1.48. The molecule has 0 saturated heterocycles. The number of benzene rings is 1. The summed E-state index contributed by atoms with van der Waals surface area (Å²) in [5.74, 6) is -0.725. The first-order valence-electron chi connectivity index (χ1n) is 4.49. The third-order valence-corrected chi connectivity index (χ3v) is 3.46. The van der Waals surface area contributed by atoms with E-state index >= 15 is 0 Å². The van der Waals surface area contributed by atoms with Crippen molar-refractivity contribution < 1.29 is 20.1 Å². The first-order chi connectivity index (χ1) is 7.54. The highest BCUT2D eigenvalue weighted by Crippen LogP contribution is 2.28. The Morgan fingerprint density at radius 3 is 2.69 bits per heavy atom. The molecule has 1 aromatic rings. The van der Waals surface area contributed by atoms with E-state index in [0.717, 1.165) is 0 Å². The number of hydrogen-bond acceptors (Lipinski definition) is 4. The van der Waals surface area contributed by atoms with Crippen LogP contribution < -0.4 is 0 Å². The molecule has 16 heavy (non-hydrogen) atoms. The SMILES string of the molecule is O=C(O)c1ccc(SCC(O)CO)c(Cl)c1. The zero-order chi connectivity index (χ0) is 12.1. The standard InChI is InChI=1S/C10H11ClO4S/c11-8-3-6(10(14)15)1-2-9(8)16-5-7(13)4-12/h1-3,7,12-13H,4-5H2,(H,14,15). The smallest absolute Gasteiger partial charge is 0.335 e. The minimum atomic E-state index is -1.03. The largest absolute Gasteiger partial charge is 0.478 e. The van der Waals surface area contributed by atoms with E-state index in [4.69, 9.17) is 26.9 Å². The highest BCUT2D eigenvalue weighted by atomic mass is 35.5. The molecule has 6 heteroatoms. The van der Waals surface area contributed by atoms with E-state index in [2.05, 4.69) is 0 Å². The summed E-state index contributed by atoms with van der Waals surface area (Å²) in [7, 11) is 0. The van der Waals surface area contributed by atoms with Gasteiger partial charge in [-0.2, -0.15) is 0 Å². The first-order valence-corrected chi connectivity index (χ1v) is 5.85. The third kappa shape index (κ3) is 3.68. The molecule has 0 amide bonds. The second-order valence-electron chi connectivity index (χ2n) is 3.10. The fourth-order valence-corrected chi connectivity index (χ4v) is 2.17. The van der Waals surface area contributed by atoms with E-state index in [1.54, 1.807) is 6.07 Å². The molecule has 0 radical (unpaired) electrons. The molecular weight excluding hydrogens is 252 g/mol. The van der Waals surface area contributed by atoms with Crippen molar-refractivity contribution in [3.8, 4) is 0 Å². The third-order valence-electron chi connectivity index (χ3n) is 1.82. The molecule has 0 fully saturated rings. The lowest BCUT2D eigenvalue weighted by atomic mass is 10.2. The van der Waals surface area contributed by atoms with E-state index in [1.807, 2.05) is 0 Å². The van der Waals surface area contributed by atoms with E-state index in [-0.39, 0.29) is 12.2 Å². The van der Waals surface area contributed by atoms with Crippen LogP contribution in [0.15, 0.2) is 23.1 Å². The maximum absolute atomic E-state index is 10.6. The molecule has 88 valence electrons. The molecule has 3 N–H and O–H groups in total. The van der Waals surface area contributed by atoms with Crippen molar-refractivity contribution in [2.75, 3.05) is 12.4 Å². The number of rotatable bonds is 5. The van der Waals surface area contributed by atoms with Crippen LogP contribution in [0.4, 0.5) is 0 Å². The fraction of sp³-hybridized carbons (Fsp3) is 0.300. The van der Waals surface area contributed by atoms with Gasteiger partial charge in [-0.15, -0.1) is 11.8 Å². The molecule has 1 atom stereocenters. The minimum Gasteiger partial charge on any atom is -0.478 e. The Bertz CT molecular complexity index is 383. The predicted molar refractivity (Wildman–Crippen MR) is 62.2 cm³/mol. The van der Waals surface area contributed by atoms with Gasteiger partial charge in [0.25, 0.3) is 0 Å². The summed E-state index contributed by atoms with van der Waals surface area (Å²) >= 11 is 7.14. The topological polar surface area (TPSA) is 77.8 Å². The summed E-state index contributed by atoms with van der Waals surface area (Å²) in [6, 6.07) is 4.39. The summed E-state index contributed by atoms with van der Waals surface area (Å²) in [6.07, 6.45) is -0.805. The number of carbonyl (C=O) groups is 1. The van der Waals surface area contributed by atoms with Crippen molar-refractivity contribution in [3.63, 3.8) is 0 Å². The average molecular weight is 263 g/mol. The molecular formula is C10H11ClO4S. The number of aromatic carboxylic acids is 1. The average Bonchev–Trinajstić information content (AvgIpc) is 2.26. The molecule has 0 aliphatic rings. The van der Waals surface area contributed by atoms with Crippen molar-refractivity contribution in [2.24, 2.45) is 0 Å². The van der Waals surface area contributed by atoms with Gasteiger partial charge in [-0.1, -0.05) is 11.6 Å². The highest BCUT2D eigenvalue weighted by molar-refractivity contribution is 7.99. The molecule has 1 unspecified atom stereocenters. The molecule has 0 aliphatic carbocycles. The number of aliphatic hydroxyl groups is 2. The Kier molecular flexibility index (Phi) is 5.08. The quantitative estimate of drug-likeness (QED) is 0.701. The van der Waals surface area contributed by atoms with Crippen LogP contribution in [0, 0.1) is 0 Å². The summed E-state index contributed by atoms with van der Waals surface area (Å²) in [4.78, 5) is 11.3. The molecule has 0 saturated carbocycles. The van der Waals surface area contributed by atoms with Gasteiger partial charge in [-0.05, 0) is 18.2 Å². The summed E-state index contributed by atoms with van der Waals surface area (Å²) in [6.45, 7) is -0.308. The van der Waals surface area contributed by atoms with Crippen molar-refractivity contribution >= 4 is 29.3 Å². The number of hydrogen-bond donors (Lipinski definition) is 3. The normalized spacial score (nSPS) is 12.4. The number of halogens is 1. The Morgan fingerprint density at radius 1 is 1.50 bits per heavy atom. The molecule has 0 bridgehead atoms. The Morgan fingerprint density at radius 2 is 2.19 bits per heavy atom. The van der Waals surface area contributed by atoms with Gasteiger partial charge in [0.15, 0.2) is 0 Å². The van der Waals surface area contributed by atoms with Gasteiger partial charge in [0.2, 0.25) is 0 Å². The molecule has 0 spiro atoms. The van der Waals surface area contributed by atoms with E-state index in [1.165, 1.54) is 23.9 Å². The zero-order valence-corrected chi connectivity index (χ0v) is 9.83. The fourth-order valence-electron chi connectivity index (χ4n) is 0.990. The monoisotopic (exact) mass is 262 g/mol. The lowest BCUT2D eigenvalue weighted by Crippen LogP contribution is -2.14. The van der Waals surface area contributed by atoms with Crippen molar-refractivity contribution in [1.82, 2.24) is 0 Å².